The maximum Gasteiger partial charge on any atom is 0.429 e. The highest BCUT2D eigenvalue weighted by atomic mass is 19.4. The Balaban J connectivity index is 1.82. The minimum absolute atomic E-state index is 0.0574. The second-order valence-corrected chi connectivity index (χ2v) is 8.75. The first kappa shape index (κ1) is 29.3. The zero-order valence-corrected chi connectivity index (χ0v) is 21.2. The molecule has 0 aliphatic rings. The SMILES string of the molecule is CCCCCCCCCCOc1cnc(-c2ccc(C=CC(OC(=O)CCC)C(F)(F)F)cc2)nc1. The first-order chi connectivity index (χ1) is 17.3. The molecule has 0 saturated heterocycles. The van der Waals surface area contributed by atoms with Crippen LogP contribution in [0.5, 0.6) is 5.75 Å². The fourth-order valence-electron chi connectivity index (χ4n) is 3.53. The number of unbranched alkanes of at least 4 members (excludes halogenated alkanes) is 7. The highest BCUT2D eigenvalue weighted by Gasteiger charge is 2.40. The Morgan fingerprint density at radius 2 is 1.53 bits per heavy atom. The van der Waals surface area contributed by atoms with Crippen LogP contribution in [-0.4, -0.2) is 34.8 Å². The van der Waals surface area contributed by atoms with Crippen LogP contribution in [0.15, 0.2) is 42.7 Å². The van der Waals surface area contributed by atoms with Crippen molar-refractivity contribution >= 4 is 12.0 Å². The Hall–Kier alpha value is -2.90. The molecule has 0 saturated carbocycles. The van der Waals surface area contributed by atoms with E-state index in [2.05, 4.69) is 21.6 Å². The van der Waals surface area contributed by atoms with Gasteiger partial charge in [0.2, 0.25) is 6.10 Å². The van der Waals surface area contributed by atoms with E-state index in [4.69, 9.17) is 4.74 Å². The Labute approximate surface area is 212 Å². The maximum atomic E-state index is 13.2. The van der Waals surface area contributed by atoms with Gasteiger partial charge in [0.1, 0.15) is 0 Å². The van der Waals surface area contributed by atoms with Crippen LogP contribution in [-0.2, 0) is 9.53 Å². The third-order valence-electron chi connectivity index (χ3n) is 5.56. The Bertz CT molecular complexity index is 913. The summed E-state index contributed by atoms with van der Waals surface area (Å²) < 4.78 is 49.8. The quantitative estimate of drug-likeness (QED) is 0.171. The van der Waals surface area contributed by atoms with E-state index in [1.165, 1.54) is 44.6 Å². The van der Waals surface area contributed by atoms with E-state index in [0.29, 0.717) is 30.2 Å². The van der Waals surface area contributed by atoms with Crippen molar-refractivity contribution in [1.29, 1.82) is 0 Å². The van der Waals surface area contributed by atoms with Gasteiger partial charge in [-0.2, -0.15) is 13.2 Å². The van der Waals surface area contributed by atoms with Gasteiger partial charge in [0.25, 0.3) is 0 Å². The van der Waals surface area contributed by atoms with E-state index in [0.717, 1.165) is 24.5 Å². The second kappa shape index (κ2) is 16.0. The van der Waals surface area contributed by atoms with Crippen molar-refractivity contribution in [3.63, 3.8) is 0 Å². The fourth-order valence-corrected chi connectivity index (χ4v) is 3.53. The van der Waals surface area contributed by atoms with Gasteiger partial charge in [-0.05, 0) is 24.5 Å². The van der Waals surface area contributed by atoms with Gasteiger partial charge >= 0.3 is 12.1 Å². The first-order valence-corrected chi connectivity index (χ1v) is 12.8. The molecule has 36 heavy (non-hydrogen) atoms. The number of rotatable bonds is 16. The number of aromatic nitrogens is 2. The maximum absolute atomic E-state index is 13.2. The number of halogens is 3. The normalized spacial score (nSPS) is 12.6. The van der Waals surface area contributed by atoms with Gasteiger partial charge in [-0.3, -0.25) is 4.79 Å². The summed E-state index contributed by atoms with van der Waals surface area (Å²) in [4.78, 5) is 20.2. The molecule has 0 aliphatic carbocycles. The van der Waals surface area contributed by atoms with Crippen molar-refractivity contribution in [3.8, 4) is 17.1 Å². The summed E-state index contributed by atoms with van der Waals surface area (Å²) in [5.41, 5.74) is 1.26. The summed E-state index contributed by atoms with van der Waals surface area (Å²) in [6.45, 7) is 4.55. The van der Waals surface area contributed by atoms with E-state index in [1.807, 2.05) is 0 Å². The fraction of sp³-hybridized carbons (Fsp3) is 0.536. The molecule has 0 aliphatic heterocycles. The molecule has 2 aromatic rings. The minimum Gasteiger partial charge on any atom is -0.490 e. The molecule has 2 rings (SSSR count). The Morgan fingerprint density at radius 3 is 2.11 bits per heavy atom. The molecule has 1 unspecified atom stereocenters. The molecular formula is C28H37F3N2O3. The number of hydrogen-bond acceptors (Lipinski definition) is 5. The number of carbonyl (C=O) groups is 1. The third kappa shape index (κ3) is 11.2. The zero-order chi connectivity index (χ0) is 26.2. The molecule has 0 N–H and O–H groups in total. The Morgan fingerprint density at radius 1 is 0.917 bits per heavy atom. The van der Waals surface area contributed by atoms with Crippen LogP contribution in [0.1, 0.15) is 83.6 Å². The van der Waals surface area contributed by atoms with Crippen LogP contribution in [0.3, 0.4) is 0 Å². The predicted molar refractivity (Wildman–Crippen MR) is 135 cm³/mol. The van der Waals surface area contributed by atoms with Crippen LogP contribution in [0.25, 0.3) is 17.5 Å². The van der Waals surface area contributed by atoms with Crippen molar-refractivity contribution in [3.05, 3.63) is 48.3 Å². The lowest BCUT2D eigenvalue weighted by molar-refractivity contribution is -0.208. The van der Waals surface area contributed by atoms with Crippen LogP contribution in [0.2, 0.25) is 0 Å². The molecule has 0 spiro atoms. The summed E-state index contributed by atoms with van der Waals surface area (Å²) in [5.74, 6) is 0.228. The van der Waals surface area contributed by atoms with Crippen molar-refractivity contribution in [1.82, 2.24) is 9.97 Å². The van der Waals surface area contributed by atoms with Crippen molar-refractivity contribution in [2.45, 2.75) is 90.3 Å². The van der Waals surface area contributed by atoms with Gasteiger partial charge in [0.05, 0.1) is 19.0 Å². The molecule has 0 radical (unpaired) electrons. The largest absolute Gasteiger partial charge is 0.490 e. The lowest BCUT2D eigenvalue weighted by atomic mass is 10.1. The van der Waals surface area contributed by atoms with Gasteiger partial charge < -0.3 is 9.47 Å². The van der Waals surface area contributed by atoms with Crippen LogP contribution in [0, 0.1) is 0 Å². The number of ether oxygens (including phenoxy) is 2. The molecule has 198 valence electrons. The highest BCUT2D eigenvalue weighted by Crippen LogP contribution is 2.26. The predicted octanol–water partition coefficient (Wildman–Crippen LogP) is 7.95. The van der Waals surface area contributed by atoms with Crippen molar-refractivity contribution in [2.24, 2.45) is 0 Å². The van der Waals surface area contributed by atoms with Gasteiger partial charge in [-0.1, -0.05) is 89.1 Å². The lowest BCUT2D eigenvalue weighted by Crippen LogP contribution is -2.31. The number of esters is 1. The molecular weight excluding hydrogens is 469 g/mol. The lowest BCUT2D eigenvalue weighted by Gasteiger charge is -2.17. The number of benzene rings is 1. The summed E-state index contributed by atoms with van der Waals surface area (Å²) >= 11 is 0. The van der Waals surface area contributed by atoms with E-state index in [1.54, 1.807) is 43.6 Å². The smallest absolute Gasteiger partial charge is 0.429 e. The number of hydrogen-bond donors (Lipinski definition) is 0. The summed E-state index contributed by atoms with van der Waals surface area (Å²) in [6.07, 6.45) is 8.66. The van der Waals surface area contributed by atoms with Gasteiger partial charge in [0, 0.05) is 12.0 Å². The van der Waals surface area contributed by atoms with E-state index < -0.39 is 18.2 Å². The molecule has 5 nitrogen and oxygen atoms in total. The van der Waals surface area contributed by atoms with Gasteiger partial charge in [0.15, 0.2) is 11.6 Å². The van der Waals surface area contributed by atoms with Gasteiger partial charge in [-0.25, -0.2) is 9.97 Å². The average Bonchev–Trinajstić information content (AvgIpc) is 2.86. The number of alkyl halides is 3. The minimum atomic E-state index is -4.67. The molecule has 1 heterocycles. The summed E-state index contributed by atoms with van der Waals surface area (Å²) in [7, 11) is 0. The monoisotopic (exact) mass is 506 g/mol. The summed E-state index contributed by atoms with van der Waals surface area (Å²) in [5, 5.41) is 0. The molecule has 1 aromatic heterocycles. The van der Waals surface area contributed by atoms with Gasteiger partial charge in [-0.15, -0.1) is 0 Å². The molecule has 1 aromatic carbocycles. The van der Waals surface area contributed by atoms with Crippen LogP contribution >= 0.6 is 0 Å². The van der Waals surface area contributed by atoms with E-state index in [-0.39, 0.29) is 6.42 Å². The van der Waals surface area contributed by atoms with E-state index >= 15 is 0 Å². The third-order valence-corrected chi connectivity index (χ3v) is 5.56. The molecule has 8 heteroatoms. The van der Waals surface area contributed by atoms with Crippen molar-refractivity contribution in [2.75, 3.05) is 6.61 Å². The van der Waals surface area contributed by atoms with Crippen molar-refractivity contribution < 1.29 is 27.4 Å². The zero-order valence-electron chi connectivity index (χ0n) is 21.2. The topological polar surface area (TPSA) is 61.3 Å². The number of nitrogens with zero attached hydrogens (tertiary/aromatic N) is 2. The number of carbonyl (C=O) groups excluding carboxylic acids is 1. The molecule has 0 amide bonds. The molecule has 1 atom stereocenters. The van der Waals surface area contributed by atoms with E-state index in [9.17, 15) is 18.0 Å². The summed E-state index contributed by atoms with van der Waals surface area (Å²) in [6, 6.07) is 6.76. The molecule has 0 bridgehead atoms. The second-order valence-electron chi connectivity index (χ2n) is 8.75. The highest BCUT2D eigenvalue weighted by molar-refractivity contribution is 5.70. The average molecular weight is 507 g/mol. The van der Waals surface area contributed by atoms with Crippen LogP contribution in [0.4, 0.5) is 13.2 Å². The molecule has 0 fully saturated rings. The van der Waals surface area contributed by atoms with Crippen LogP contribution < -0.4 is 4.74 Å². The first-order valence-electron chi connectivity index (χ1n) is 12.8. The standard InChI is InChI=1S/C28H37F3N2O3/c1-3-5-6-7-8-9-10-11-19-35-24-20-32-27(33-21-24)23-16-13-22(14-17-23)15-18-25(28(29,30)31)36-26(34)12-4-2/h13-18,20-21,25H,3-12,19H2,1-2H3. The Kier molecular flexibility index (Phi) is 13.0.